The third-order valence-corrected chi connectivity index (χ3v) is 3.59. The second-order valence-corrected chi connectivity index (χ2v) is 5.11. The Labute approximate surface area is 116 Å². The minimum atomic E-state index is -0.105. The zero-order chi connectivity index (χ0) is 13.7. The summed E-state index contributed by atoms with van der Waals surface area (Å²) in [6, 6.07) is 7.62. The molecule has 0 radical (unpaired) electrons. The second-order valence-electron chi connectivity index (χ2n) is 4.33. The molecule has 1 aromatic carbocycles. The first-order valence-corrected chi connectivity index (χ1v) is 7.01. The van der Waals surface area contributed by atoms with E-state index in [-0.39, 0.29) is 5.91 Å². The summed E-state index contributed by atoms with van der Waals surface area (Å²) in [5, 5.41) is 7.03. The van der Waals surface area contributed by atoms with Gasteiger partial charge in [-0.25, -0.2) is 0 Å². The van der Waals surface area contributed by atoms with E-state index >= 15 is 0 Å². The van der Waals surface area contributed by atoms with Crippen LogP contribution >= 0.6 is 11.3 Å². The molecule has 2 rings (SSSR count). The molecule has 19 heavy (non-hydrogen) atoms. The van der Waals surface area contributed by atoms with Gasteiger partial charge in [-0.05, 0) is 47.9 Å². The number of nitrogen functional groups attached to an aromatic ring is 1. The van der Waals surface area contributed by atoms with E-state index < -0.39 is 0 Å². The summed E-state index contributed by atoms with van der Waals surface area (Å²) in [6.45, 7) is 2.57. The van der Waals surface area contributed by atoms with Crippen LogP contribution in [0.25, 0.3) is 0 Å². The van der Waals surface area contributed by atoms with E-state index in [0.29, 0.717) is 17.8 Å². The Morgan fingerprint density at radius 3 is 2.89 bits per heavy atom. The van der Waals surface area contributed by atoms with Crippen LogP contribution in [-0.2, 0) is 6.42 Å². The number of hydrogen-bond acceptors (Lipinski definition) is 4. The SMILES string of the molecule is Cc1ccc(NN)c(C(=O)NCCc2ccsc2)c1. The number of amides is 1. The summed E-state index contributed by atoms with van der Waals surface area (Å²) >= 11 is 1.66. The van der Waals surface area contributed by atoms with Gasteiger partial charge in [0.15, 0.2) is 0 Å². The maximum atomic E-state index is 12.1. The van der Waals surface area contributed by atoms with Crippen LogP contribution in [0.15, 0.2) is 35.0 Å². The Hall–Kier alpha value is -1.85. The molecule has 100 valence electrons. The van der Waals surface area contributed by atoms with E-state index in [1.807, 2.05) is 30.5 Å². The number of thiophene rings is 1. The highest BCUT2D eigenvalue weighted by Gasteiger charge is 2.10. The summed E-state index contributed by atoms with van der Waals surface area (Å²) in [4.78, 5) is 12.1. The van der Waals surface area contributed by atoms with Gasteiger partial charge < -0.3 is 10.7 Å². The van der Waals surface area contributed by atoms with Crippen LogP contribution in [-0.4, -0.2) is 12.5 Å². The Kier molecular flexibility index (Phi) is 4.54. The molecule has 0 saturated carbocycles. The molecule has 0 aliphatic heterocycles. The number of anilines is 1. The van der Waals surface area contributed by atoms with Crippen molar-refractivity contribution in [3.05, 3.63) is 51.7 Å². The second kappa shape index (κ2) is 6.36. The molecule has 2 aromatic rings. The summed E-state index contributed by atoms with van der Waals surface area (Å²) in [5.74, 6) is 5.31. The molecule has 0 saturated heterocycles. The van der Waals surface area contributed by atoms with Crippen molar-refractivity contribution in [3.63, 3.8) is 0 Å². The average Bonchev–Trinajstić information content (AvgIpc) is 2.91. The van der Waals surface area contributed by atoms with Gasteiger partial charge in [-0.2, -0.15) is 11.3 Å². The predicted molar refractivity (Wildman–Crippen MR) is 79.3 cm³/mol. The molecular formula is C14H17N3OS. The van der Waals surface area contributed by atoms with Crippen LogP contribution in [0.4, 0.5) is 5.69 Å². The lowest BCUT2D eigenvalue weighted by molar-refractivity contribution is 0.0955. The van der Waals surface area contributed by atoms with Crippen molar-refractivity contribution in [2.45, 2.75) is 13.3 Å². The standard InChI is InChI=1S/C14H17N3OS/c1-10-2-3-13(17-15)12(8-10)14(18)16-6-4-11-5-7-19-9-11/h2-3,5,7-9,17H,4,6,15H2,1H3,(H,16,18). The molecule has 0 spiro atoms. The summed E-state index contributed by atoms with van der Waals surface area (Å²) < 4.78 is 0. The first kappa shape index (κ1) is 13.6. The van der Waals surface area contributed by atoms with E-state index in [1.54, 1.807) is 11.3 Å². The van der Waals surface area contributed by atoms with Crippen molar-refractivity contribution in [1.82, 2.24) is 5.32 Å². The molecule has 0 aliphatic rings. The Balaban J connectivity index is 1.97. The highest BCUT2D eigenvalue weighted by molar-refractivity contribution is 7.07. The van der Waals surface area contributed by atoms with Gasteiger partial charge in [-0.15, -0.1) is 0 Å². The number of aryl methyl sites for hydroxylation is 1. The van der Waals surface area contributed by atoms with Crippen LogP contribution in [0.3, 0.4) is 0 Å². The molecule has 4 N–H and O–H groups in total. The van der Waals surface area contributed by atoms with Gasteiger partial charge in [0.25, 0.3) is 5.91 Å². The summed E-state index contributed by atoms with van der Waals surface area (Å²) in [7, 11) is 0. The Morgan fingerprint density at radius 2 is 2.21 bits per heavy atom. The fraction of sp³-hybridized carbons (Fsp3) is 0.214. The van der Waals surface area contributed by atoms with Crippen LogP contribution in [0, 0.1) is 6.92 Å². The normalized spacial score (nSPS) is 10.2. The average molecular weight is 275 g/mol. The van der Waals surface area contributed by atoms with Crippen molar-refractivity contribution < 1.29 is 4.79 Å². The number of carbonyl (C=O) groups excluding carboxylic acids is 1. The number of nitrogens with one attached hydrogen (secondary N) is 2. The summed E-state index contributed by atoms with van der Waals surface area (Å²) in [5.41, 5.74) is 6.03. The maximum Gasteiger partial charge on any atom is 0.253 e. The van der Waals surface area contributed by atoms with E-state index in [1.165, 1.54) is 5.56 Å². The van der Waals surface area contributed by atoms with Gasteiger partial charge in [0, 0.05) is 6.54 Å². The molecule has 0 unspecified atom stereocenters. The fourth-order valence-corrected chi connectivity index (χ4v) is 2.53. The maximum absolute atomic E-state index is 12.1. The molecule has 1 amide bonds. The Bertz CT molecular complexity index is 552. The van der Waals surface area contributed by atoms with Gasteiger partial charge in [0.05, 0.1) is 11.3 Å². The van der Waals surface area contributed by atoms with Crippen molar-refractivity contribution in [3.8, 4) is 0 Å². The molecule has 0 fully saturated rings. The van der Waals surface area contributed by atoms with Crippen LogP contribution in [0.2, 0.25) is 0 Å². The first-order valence-electron chi connectivity index (χ1n) is 6.07. The number of hydrogen-bond donors (Lipinski definition) is 3. The minimum Gasteiger partial charge on any atom is -0.352 e. The molecule has 5 heteroatoms. The van der Waals surface area contributed by atoms with E-state index in [9.17, 15) is 4.79 Å². The molecular weight excluding hydrogens is 258 g/mol. The predicted octanol–water partition coefficient (Wildman–Crippen LogP) is 2.31. The number of carbonyl (C=O) groups is 1. The zero-order valence-electron chi connectivity index (χ0n) is 10.8. The lowest BCUT2D eigenvalue weighted by atomic mass is 10.1. The third-order valence-electron chi connectivity index (χ3n) is 2.85. The van der Waals surface area contributed by atoms with E-state index in [0.717, 1.165) is 12.0 Å². The lowest BCUT2D eigenvalue weighted by Crippen LogP contribution is -2.27. The zero-order valence-corrected chi connectivity index (χ0v) is 11.6. The van der Waals surface area contributed by atoms with Crippen LogP contribution in [0.1, 0.15) is 21.5 Å². The third kappa shape index (κ3) is 3.56. The highest BCUT2D eigenvalue weighted by Crippen LogP contribution is 2.16. The molecule has 1 heterocycles. The van der Waals surface area contributed by atoms with Crippen molar-refractivity contribution in [2.75, 3.05) is 12.0 Å². The van der Waals surface area contributed by atoms with Crippen molar-refractivity contribution in [2.24, 2.45) is 5.84 Å². The van der Waals surface area contributed by atoms with Gasteiger partial charge >= 0.3 is 0 Å². The van der Waals surface area contributed by atoms with Crippen LogP contribution in [0.5, 0.6) is 0 Å². The first-order chi connectivity index (χ1) is 9.20. The van der Waals surface area contributed by atoms with Gasteiger partial charge in [0.1, 0.15) is 0 Å². The number of rotatable bonds is 5. The Morgan fingerprint density at radius 1 is 1.37 bits per heavy atom. The molecule has 0 aliphatic carbocycles. The molecule has 1 aromatic heterocycles. The minimum absolute atomic E-state index is 0.105. The monoisotopic (exact) mass is 275 g/mol. The lowest BCUT2D eigenvalue weighted by Gasteiger charge is -2.10. The van der Waals surface area contributed by atoms with Gasteiger partial charge in [0.2, 0.25) is 0 Å². The number of hydrazine groups is 1. The topological polar surface area (TPSA) is 67.1 Å². The van der Waals surface area contributed by atoms with Gasteiger partial charge in [-0.1, -0.05) is 11.6 Å². The highest BCUT2D eigenvalue weighted by atomic mass is 32.1. The molecule has 0 bridgehead atoms. The largest absolute Gasteiger partial charge is 0.352 e. The number of benzene rings is 1. The number of nitrogens with two attached hydrogens (primary N) is 1. The molecule has 4 nitrogen and oxygen atoms in total. The smallest absolute Gasteiger partial charge is 0.253 e. The van der Waals surface area contributed by atoms with E-state index in [4.69, 9.17) is 5.84 Å². The van der Waals surface area contributed by atoms with Crippen molar-refractivity contribution >= 4 is 22.9 Å². The summed E-state index contributed by atoms with van der Waals surface area (Å²) in [6.07, 6.45) is 0.840. The van der Waals surface area contributed by atoms with Gasteiger partial charge in [-0.3, -0.25) is 10.6 Å². The van der Waals surface area contributed by atoms with Crippen molar-refractivity contribution in [1.29, 1.82) is 0 Å². The fourth-order valence-electron chi connectivity index (χ4n) is 1.82. The van der Waals surface area contributed by atoms with Crippen LogP contribution < -0.4 is 16.6 Å². The van der Waals surface area contributed by atoms with E-state index in [2.05, 4.69) is 22.2 Å². The molecule has 0 atom stereocenters. The quantitative estimate of drug-likeness (QED) is 0.579.